The Morgan fingerprint density at radius 2 is 1.80 bits per heavy atom. The number of benzene rings is 1. The number of rotatable bonds is 2. The number of aromatic nitrogens is 1. The third-order valence-corrected chi connectivity index (χ3v) is 3.25. The predicted octanol–water partition coefficient (Wildman–Crippen LogP) is 2.15. The van der Waals surface area contributed by atoms with E-state index in [4.69, 9.17) is 0 Å². The molecule has 2 aromatic rings. The third-order valence-electron chi connectivity index (χ3n) is 3.25. The molecule has 98 valence electrons. The highest BCUT2D eigenvalue weighted by atomic mass is 16.6. The fourth-order valence-corrected chi connectivity index (χ4v) is 2.31. The van der Waals surface area contributed by atoms with Gasteiger partial charge >= 0.3 is 0 Å². The first-order valence-electron chi connectivity index (χ1n) is 5.87. The Bertz CT molecular complexity index is 740. The topological polar surface area (TPSA) is 90.2 Å². The SMILES string of the molecule is O=C1c2ccc([N+](=O)[O-])cc2C(=O)[C@H]1c1ccccn1. The Hall–Kier alpha value is -2.89. The number of carbonyl (C=O) groups is 2. The minimum absolute atomic E-state index is 0.0971. The largest absolute Gasteiger partial charge is 0.293 e. The Morgan fingerprint density at radius 1 is 1.05 bits per heavy atom. The third kappa shape index (κ3) is 1.70. The van der Waals surface area contributed by atoms with Gasteiger partial charge in [-0.3, -0.25) is 24.7 Å². The number of ketones is 2. The fraction of sp³-hybridized carbons (Fsp3) is 0.0714. The molecule has 6 nitrogen and oxygen atoms in total. The number of pyridine rings is 1. The van der Waals surface area contributed by atoms with Crippen molar-refractivity contribution in [2.75, 3.05) is 0 Å². The minimum atomic E-state index is -0.992. The van der Waals surface area contributed by atoms with Crippen LogP contribution in [0.4, 0.5) is 5.69 Å². The molecule has 0 saturated heterocycles. The number of carbonyl (C=O) groups excluding carboxylic acids is 2. The number of nitrogens with zero attached hydrogens (tertiary/aromatic N) is 2. The Balaban J connectivity index is 2.11. The monoisotopic (exact) mass is 268 g/mol. The number of hydrogen-bond acceptors (Lipinski definition) is 5. The number of hydrogen-bond donors (Lipinski definition) is 0. The Morgan fingerprint density at radius 3 is 2.45 bits per heavy atom. The van der Waals surface area contributed by atoms with Crippen molar-refractivity contribution in [2.45, 2.75) is 5.92 Å². The van der Waals surface area contributed by atoms with Crippen LogP contribution in [0.3, 0.4) is 0 Å². The fourth-order valence-electron chi connectivity index (χ4n) is 2.31. The van der Waals surface area contributed by atoms with E-state index in [9.17, 15) is 19.7 Å². The van der Waals surface area contributed by atoms with Crippen molar-refractivity contribution in [3.8, 4) is 0 Å². The van der Waals surface area contributed by atoms with E-state index in [0.717, 1.165) is 6.07 Å². The van der Waals surface area contributed by atoms with Crippen LogP contribution in [-0.4, -0.2) is 21.5 Å². The van der Waals surface area contributed by atoms with Gasteiger partial charge in [-0.25, -0.2) is 0 Å². The lowest BCUT2D eigenvalue weighted by Gasteiger charge is -2.04. The molecule has 1 aromatic heterocycles. The molecule has 6 heteroatoms. The van der Waals surface area contributed by atoms with E-state index in [2.05, 4.69) is 4.98 Å². The summed E-state index contributed by atoms with van der Waals surface area (Å²) in [5.41, 5.74) is 0.476. The van der Waals surface area contributed by atoms with E-state index < -0.39 is 16.6 Å². The average molecular weight is 268 g/mol. The van der Waals surface area contributed by atoms with Gasteiger partial charge in [-0.05, 0) is 18.2 Å². The first-order valence-corrected chi connectivity index (χ1v) is 5.87. The molecule has 0 N–H and O–H groups in total. The Labute approximate surface area is 113 Å². The van der Waals surface area contributed by atoms with Crippen molar-refractivity contribution in [2.24, 2.45) is 0 Å². The van der Waals surface area contributed by atoms with Gasteiger partial charge in [-0.15, -0.1) is 0 Å². The van der Waals surface area contributed by atoms with Crippen LogP contribution in [-0.2, 0) is 0 Å². The van der Waals surface area contributed by atoms with Gasteiger partial charge in [-0.2, -0.15) is 0 Å². The normalized spacial score (nSPS) is 17.1. The van der Waals surface area contributed by atoms with Crippen molar-refractivity contribution in [1.29, 1.82) is 0 Å². The molecule has 0 saturated carbocycles. The highest BCUT2D eigenvalue weighted by molar-refractivity contribution is 6.29. The van der Waals surface area contributed by atoms with Gasteiger partial charge in [0.05, 0.1) is 10.6 Å². The first kappa shape index (κ1) is 12.2. The molecule has 0 amide bonds. The van der Waals surface area contributed by atoms with Gasteiger partial charge in [0.15, 0.2) is 11.6 Å². The second-order valence-electron chi connectivity index (χ2n) is 4.40. The molecule has 0 fully saturated rings. The average Bonchev–Trinajstić information content (AvgIpc) is 2.71. The van der Waals surface area contributed by atoms with Gasteiger partial charge in [0.25, 0.3) is 5.69 Å². The zero-order valence-electron chi connectivity index (χ0n) is 10.1. The van der Waals surface area contributed by atoms with Crippen LogP contribution in [0.25, 0.3) is 0 Å². The summed E-state index contributed by atoms with van der Waals surface area (Å²) in [5.74, 6) is -1.79. The van der Waals surface area contributed by atoms with Crippen molar-refractivity contribution < 1.29 is 14.5 Å². The molecule has 1 aliphatic carbocycles. The number of nitro benzene ring substituents is 1. The Kier molecular flexibility index (Phi) is 2.64. The number of fused-ring (bicyclic) bond motifs is 1. The van der Waals surface area contributed by atoms with E-state index in [-0.39, 0.29) is 22.6 Å². The summed E-state index contributed by atoms with van der Waals surface area (Å²) in [7, 11) is 0. The molecule has 1 aromatic carbocycles. The van der Waals surface area contributed by atoms with Crippen LogP contribution >= 0.6 is 0 Å². The van der Waals surface area contributed by atoms with Crippen molar-refractivity contribution >= 4 is 17.3 Å². The second kappa shape index (κ2) is 4.34. The maximum atomic E-state index is 12.3. The van der Waals surface area contributed by atoms with Crippen LogP contribution in [0.2, 0.25) is 0 Å². The van der Waals surface area contributed by atoms with Gasteiger partial charge in [0, 0.05) is 29.5 Å². The lowest BCUT2D eigenvalue weighted by atomic mass is 9.99. The number of Topliss-reactive ketones (excluding diaryl/α,β-unsaturated/α-hetero) is 2. The van der Waals surface area contributed by atoms with Crippen molar-refractivity contribution in [3.05, 3.63) is 69.5 Å². The maximum Gasteiger partial charge on any atom is 0.270 e. The molecule has 1 atom stereocenters. The van der Waals surface area contributed by atoms with E-state index in [1.807, 2.05) is 0 Å². The first-order chi connectivity index (χ1) is 9.59. The molecule has 0 aliphatic heterocycles. The minimum Gasteiger partial charge on any atom is -0.293 e. The summed E-state index contributed by atoms with van der Waals surface area (Å²) in [6.07, 6.45) is 1.50. The highest BCUT2D eigenvalue weighted by Crippen LogP contribution is 2.34. The molecule has 0 radical (unpaired) electrons. The molecule has 20 heavy (non-hydrogen) atoms. The van der Waals surface area contributed by atoms with Crippen LogP contribution in [0.15, 0.2) is 42.6 Å². The van der Waals surface area contributed by atoms with E-state index in [0.29, 0.717) is 5.69 Å². The lowest BCUT2D eigenvalue weighted by molar-refractivity contribution is -0.384. The summed E-state index contributed by atoms with van der Waals surface area (Å²) in [6, 6.07) is 8.68. The smallest absolute Gasteiger partial charge is 0.270 e. The number of nitro groups is 1. The summed E-state index contributed by atoms with van der Waals surface area (Å²) >= 11 is 0. The molecular weight excluding hydrogens is 260 g/mol. The van der Waals surface area contributed by atoms with Gasteiger partial charge in [-0.1, -0.05) is 6.07 Å². The van der Waals surface area contributed by atoms with E-state index >= 15 is 0 Å². The quantitative estimate of drug-likeness (QED) is 0.473. The lowest BCUT2D eigenvalue weighted by Crippen LogP contribution is -2.14. The van der Waals surface area contributed by atoms with E-state index in [1.54, 1.807) is 18.2 Å². The van der Waals surface area contributed by atoms with Crippen molar-refractivity contribution in [1.82, 2.24) is 4.98 Å². The molecule has 1 aliphatic rings. The highest BCUT2D eigenvalue weighted by Gasteiger charge is 2.41. The molecule has 0 bridgehead atoms. The summed E-state index contributed by atoms with van der Waals surface area (Å²) in [4.78, 5) is 38.7. The van der Waals surface area contributed by atoms with Crippen LogP contribution < -0.4 is 0 Å². The number of non-ortho nitro benzene ring substituents is 1. The maximum absolute atomic E-state index is 12.3. The molecular formula is C14H8N2O4. The van der Waals surface area contributed by atoms with Gasteiger partial charge in [0.1, 0.15) is 5.92 Å². The van der Waals surface area contributed by atoms with Crippen LogP contribution in [0, 0.1) is 10.1 Å². The summed E-state index contributed by atoms with van der Waals surface area (Å²) in [6.45, 7) is 0. The predicted molar refractivity (Wildman–Crippen MR) is 68.7 cm³/mol. The molecule has 1 heterocycles. The molecule has 3 rings (SSSR count). The zero-order chi connectivity index (χ0) is 14.3. The summed E-state index contributed by atoms with van der Waals surface area (Å²) < 4.78 is 0. The zero-order valence-corrected chi connectivity index (χ0v) is 10.1. The van der Waals surface area contributed by atoms with Crippen LogP contribution in [0.5, 0.6) is 0 Å². The van der Waals surface area contributed by atoms with Crippen LogP contribution in [0.1, 0.15) is 32.3 Å². The van der Waals surface area contributed by atoms with Gasteiger partial charge < -0.3 is 0 Å². The summed E-state index contributed by atoms with van der Waals surface area (Å²) in [5, 5.41) is 10.7. The van der Waals surface area contributed by atoms with Gasteiger partial charge in [0.2, 0.25) is 0 Å². The molecule has 0 unspecified atom stereocenters. The van der Waals surface area contributed by atoms with E-state index in [1.165, 1.54) is 18.3 Å². The molecule has 0 spiro atoms. The van der Waals surface area contributed by atoms with Crippen molar-refractivity contribution in [3.63, 3.8) is 0 Å². The standard InChI is InChI=1S/C14H8N2O4/c17-13-9-5-4-8(16(19)20)7-10(9)14(18)12(13)11-3-1-2-6-15-11/h1-7,12H/t12-/m0/s1. The second-order valence-corrected chi connectivity index (χ2v) is 4.40.